The molecular formula is C15H14O2. The molecule has 2 unspecified atom stereocenters. The Bertz CT molecular complexity index is 507. The maximum absolute atomic E-state index is 10.1. The van der Waals surface area contributed by atoms with E-state index < -0.39 is 6.10 Å². The summed E-state index contributed by atoms with van der Waals surface area (Å²) in [4.78, 5) is 0. The largest absolute Gasteiger partial charge is 0.485 e. The molecule has 0 bridgehead atoms. The first-order chi connectivity index (χ1) is 8.34. The van der Waals surface area contributed by atoms with E-state index in [0.717, 1.165) is 16.9 Å². The number of aliphatic hydroxyl groups is 1. The Morgan fingerprint density at radius 2 is 1.65 bits per heavy atom. The zero-order valence-electron chi connectivity index (χ0n) is 9.41. The summed E-state index contributed by atoms with van der Waals surface area (Å²) in [6.45, 7) is 0. The third kappa shape index (κ3) is 1.92. The highest BCUT2D eigenvalue weighted by Crippen LogP contribution is 2.40. The van der Waals surface area contributed by atoms with Gasteiger partial charge >= 0.3 is 0 Å². The average molecular weight is 226 g/mol. The maximum Gasteiger partial charge on any atom is 0.127 e. The Hall–Kier alpha value is -1.80. The summed E-state index contributed by atoms with van der Waals surface area (Å²) in [7, 11) is 0. The van der Waals surface area contributed by atoms with E-state index in [4.69, 9.17) is 4.74 Å². The third-order valence-electron chi connectivity index (χ3n) is 3.16. The number of hydrogen-bond acceptors (Lipinski definition) is 2. The Labute approximate surface area is 100 Å². The van der Waals surface area contributed by atoms with Gasteiger partial charge in [-0.1, -0.05) is 48.5 Å². The van der Waals surface area contributed by atoms with Crippen molar-refractivity contribution < 1.29 is 9.84 Å². The van der Waals surface area contributed by atoms with Gasteiger partial charge in [0.25, 0.3) is 0 Å². The van der Waals surface area contributed by atoms with E-state index in [1.807, 2.05) is 54.6 Å². The monoisotopic (exact) mass is 226 g/mol. The van der Waals surface area contributed by atoms with Crippen LogP contribution in [0, 0.1) is 0 Å². The molecule has 0 saturated heterocycles. The van der Waals surface area contributed by atoms with Crippen LogP contribution in [0.2, 0.25) is 0 Å². The fourth-order valence-electron chi connectivity index (χ4n) is 2.27. The summed E-state index contributed by atoms with van der Waals surface area (Å²) in [5, 5.41) is 10.1. The highest BCUT2D eigenvalue weighted by molar-refractivity contribution is 5.38. The van der Waals surface area contributed by atoms with Crippen molar-refractivity contribution in [2.45, 2.75) is 18.6 Å². The van der Waals surface area contributed by atoms with Crippen LogP contribution >= 0.6 is 0 Å². The first-order valence-corrected chi connectivity index (χ1v) is 5.83. The minimum atomic E-state index is -0.440. The second-order valence-corrected chi connectivity index (χ2v) is 4.31. The molecule has 1 aliphatic rings. The average Bonchev–Trinajstić information content (AvgIpc) is 2.40. The maximum atomic E-state index is 10.1. The van der Waals surface area contributed by atoms with Gasteiger partial charge in [0.1, 0.15) is 11.9 Å². The number of fused-ring (bicyclic) bond motifs is 1. The number of benzene rings is 2. The molecule has 0 fully saturated rings. The van der Waals surface area contributed by atoms with Gasteiger partial charge in [-0.25, -0.2) is 0 Å². The fourth-order valence-corrected chi connectivity index (χ4v) is 2.27. The predicted molar refractivity (Wildman–Crippen MR) is 65.8 cm³/mol. The van der Waals surface area contributed by atoms with Gasteiger partial charge in [-0.2, -0.15) is 0 Å². The van der Waals surface area contributed by atoms with E-state index in [-0.39, 0.29) is 6.10 Å². The lowest BCUT2D eigenvalue weighted by Gasteiger charge is -2.29. The van der Waals surface area contributed by atoms with E-state index in [9.17, 15) is 5.11 Å². The summed E-state index contributed by atoms with van der Waals surface area (Å²) in [6, 6.07) is 17.7. The van der Waals surface area contributed by atoms with E-state index in [2.05, 4.69) is 0 Å². The third-order valence-corrected chi connectivity index (χ3v) is 3.16. The lowest BCUT2D eigenvalue weighted by Crippen LogP contribution is -2.18. The predicted octanol–water partition coefficient (Wildman–Crippen LogP) is 3.24. The molecule has 0 spiro atoms. The quantitative estimate of drug-likeness (QED) is 0.808. The summed E-state index contributed by atoms with van der Waals surface area (Å²) >= 11 is 0. The van der Waals surface area contributed by atoms with Crippen molar-refractivity contribution >= 4 is 0 Å². The second kappa shape index (κ2) is 4.22. The minimum absolute atomic E-state index is 0.0545. The van der Waals surface area contributed by atoms with Gasteiger partial charge in [0.2, 0.25) is 0 Å². The standard InChI is InChI=1S/C15H14O2/c16-13-10-15(11-6-2-1-3-7-11)17-14-9-5-4-8-12(13)14/h1-9,13,15-16H,10H2. The zero-order valence-corrected chi connectivity index (χ0v) is 9.41. The topological polar surface area (TPSA) is 29.5 Å². The molecule has 2 nitrogen and oxygen atoms in total. The van der Waals surface area contributed by atoms with E-state index in [1.54, 1.807) is 0 Å². The number of aliphatic hydroxyl groups excluding tert-OH is 1. The van der Waals surface area contributed by atoms with Gasteiger partial charge in [-0.05, 0) is 11.6 Å². The molecule has 0 saturated carbocycles. The van der Waals surface area contributed by atoms with Gasteiger partial charge in [-0.15, -0.1) is 0 Å². The van der Waals surface area contributed by atoms with Crippen LogP contribution in [0.25, 0.3) is 0 Å². The van der Waals surface area contributed by atoms with Crippen LogP contribution in [0.5, 0.6) is 5.75 Å². The van der Waals surface area contributed by atoms with Crippen molar-refractivity contribution in [2.24, 2.45) is 0 Å². The number of ether oxygens (including phenoxy) is 1. The van der Waals surface area contributed by atoms with Crippen LogP contribution in [0.15, 0.2) is 54.6 Å². The molecule has 0 aliphatic carbocycles. The van der Waals surface area contributed by atoms with Crippen molar-refractivity contribution in [3.05, 3.63) is 65.7 Å². The van der Waals surface area contributed by atoms with E-state index in [1.165, 1.54) is 0 Å². The molecule has 0 aromatic heterocycles. The van der Waals surface area contributed by atoms with Crippen LogP contribution in [0.3, 0.4) is 0 Å². The Morgan fingerprint density at radius 3 is 2.47 bits per heavy atom. The van der Waals surface area contributed by atoms with Crippen LogP contribution < -0.4 is 4.74 Å². The Kier molecular flexibility index (Phi) is 2.57. The summed E-state index contributed by atoms with van der Waals surface area (Å²) in [6.07, 6.45) is 0.118. The molecule has 86 valence electrons. The smallest absolute Gasteiger partial charge is 0.127 e. The van der Waals surface area contributed by atoms with Crippen LogP contribution in [-0.4, -0.2) is 5.11 Å². The molecule has 0 radical (unpaired) electrons. The molecule has 3 rings (SSSR count). The summed E-state index contributed by atoms with van der Waals surface area (Å²) in [5.41, 5.74) is 2.00. The highest BCUT2D eigenvalue weighted by Gasteiger charge is 2.27. The van der Waals surface area contributed by atoms with E-state index >= 15 is 0 Å². The lowest BCUT2D eigenvalue weighted by atomic mass is 9.95. The van der Waals surface area contributed by atoms with Crippen molar-refractivity contribution in [1.29, 1.82) is 0 Å². The molecule has 2 aromatic rings. The van der Waals surface area contributed by atoms with Crippen LogP contribution in [-0.2, 0) is 0 Å². The highest BCUT2D eigenvalue weighted by atomic mass is 16.5. The van der Waals surface area contributed by atoms with Gasteiger partial charge in [0, 0.05) is 12.0 Å². The number of hydrogen-bond donors (Lipinski definition) is 1. The molecule has 2 aromatic carbocycles. The van der Waals surface area contributed by atoms with E-state index in [0.29, 0.717) is 6.42 Å². The first kappa shape index (κ1) is 10.4. The second-order valence-electron chi connectivity index (χ2n) is 4.31. The molecular weight excluding hydrogens is 212 g/mol. The first-order valence-electron chi connectivity index (χ1n) is 5.83. The zero-order chi connectivity index (χ0) is 11.7. The van der Waals surface area contributed by atoms with Gasteiger partial charge in [-0.3, -0.25) is 0 Å². The van der Waals surface area contributed by atoms with Crippen molar-refractivity contribution in [3.8, 4) is 5.75 Å². The van der Waals surface area contributed by atoms with Crippen LogP contribution in [0.4, 0.5) is 0 Å². The lowest BCUT2D eigenvalue weighted by molar-refractivity contribution is 0.0657. The molecule has 1 N–H and O–H groups in total. The molecule has 2 atom stereocenters. The Balaban J connectivity index is 1.94. The molecule has 1 heterocycles. The SMILES string of the molecule is OC1CC(c2ccccc2)Oc2ccccc21. The van der Waals surface area contributed by atoms with Crippen LogP contribution in [0.1, 0.15) is 29.8 Å². The van der Waals surface area contributed by atoms with Gasteiger partial charge in [0.05, 0.1) is 6.10 Å². The Morgan fingerprint density at radius 1 is 0.941 bits per heavy atom. The normalized spacial score (nSPS) is 22.6. The fraction of sp³-hybridized carbons (Fsp3) is 0.200. The van der Waals surface area contributed by atoms with Crippen molar-refractivity contribution in [2.75, 3.05) is 0 Å². The minimum Gasteiger partial charge on any atom is -0.485 e. The van der Waals surface area contributed by atoms with Gasteiger partial charge in [0.15, 0.2) is 0 Å². The van der Waals surface area contributed by atoms with Crippen molar-refractivity contribution in [3.63, 3.8) is 0 Å². The molecule has 17 heavy (non-hydrogen) atoms. The summed E-state index contributed by atoms with van der Waals surface area (Å²) in [5.74, 6) is 0.792. The number of rotatable bonds is 1. The molecule has 0 amide bonds. The number of para-hydroxylation sites is 1. The van der Waals surface area contributed by atoms with Crippen molar-refractivity contribution in [1.82, 2.24) is 0 Å². The molecule has 2 heteroatoms. The summed E-state index contributed by atoms with van der Waals surface area (Å²) < 4.78 is 5.93. The van der Waals surface area contributed by atoms with Gasteiger partial charge < -0.3 is 9.84 Å². The molecule has 1 aliphatic heterocycles.